The van der Waals surface area contributed by atoms with E-state index < -0.39 is 12.2 Å². The fourth-order valence-corrected chi connectivity index (χ4v) is 2.98. The largest absolute Gasteiger partial charge is 0.488 e. The van der Waals surface area contributed by atoms with E-state index >= 15 is 0 Å². The van der Waals surface area contributed by atoms with Crippen LogP contribution < -0.4 is 16.7 Å². The van der Waals surface area contributed by atoms with Crippen LogP contribution in [0.25, 0.3) is 0 Å². The normalized spacial score (nSPS) is 16.5. The molecule has 0 radical (unpaired) electrons. The Balaban J connectivity index is 1.97. The highest BCUT2D eigenvalue weighted by atomic mass is 35.5. The Hall–Kier alpha value is -2.36. The summed E-state index contributed by atoms with van der Waals surface area (Å²) >= 11 is 12.0. The SMILES string of the molecule is NNC(=O)C1=C2C=CN(C(F)(F)F)C=C2N(Cc2ccc(Cl)cc2Cl)N1. The lowest BCUT2D eigenvalue weighted by atomic mass is 10.1. The molecule has 0 unspecified atom stereocenters. The molecule has 3 rings (SSSR count). The Bertz CT molecular complexity index is 850. The summed E-state index contributed by atoms with van der Waals surface area (Å²) in [6.45, 7) is 0.0895. The maximum absolute atomic E-state index is 13.0. The number of amides is 1. The topological polar surface area (TPSA) is 73.6 Å². The molecule has 0 saturated heterocycles. The number of hydrogen-bond acceptors (Lipinski definition) is 5. The third-order valence-electron chi connectivity index (χ3n) is 3.74. The summed E-state index contributed by atoms with van der Waals surface area (Å²) < 4.78 is 39.1. The van der Waals surface area contributed by atoms with E-state index in [1.54, 1.807) is 12.1 Å². The number of alkyl halides is 3. The zero-order valence-electron chi connectivity index (χ0n) is 12.9. The monoisotopic (exact) mass is 405 g/mol. The molecule has 0 bridgehead atoms. The number of hydrazine groups is 2. The van der Waals surface area contributed by atoms with Crippen LogP contribution >= 0.6 is 23.2 Å². The first-order valence-corrected chi connectivity index (χ1v) is 7.95. The molecule has 138 valence electrons. The molecular weight excluding hydrogens is 394 g/mol. The standard InChI is InChI=1S/C15H12Cl2F3N5O/c16-9-2-1-8(11(17)5-9)6-25-12-7-24(15(18,19)20)4-3-10(12)13(23-25)14(26)22-21/h1-5,7,23H,6,21H2,(H,22,26). The molecule has 0 atom stereocenters. The molecule has 0 saturated carbocycles. The van der Waals surface area contributed by atoms with Crippen molar-refractivity contribution in [2.45, 2.75) is 12.8 Å². The molecule has 1 aromatic rings. The van der Waals surface area contributed by atoms with Crippen molar-refractivity contribution >= 4 is 29.1 Å². The minimum atomic E-state index is -4.60. The molecule has 6 nitrogen and oxygen atoms in total. The van der Waals surface area contributed by atoms with Gasteiger partial charge >= 0.3 is 6.30 Å². The number of carbonyl (C=O) groups is 1. The first kappa shape index (κ1) is 18.4. The van der Waals surface area contributed by atoms with Gasteiger partial charge < -0.3 is 0 Å². The summed E-state index contributed by atoms with van der Waals surface area (Å²) in [6, 6.07) is 4.78. The molecule has 0 spiro atoms. The summed E-state index contributed by atoms with van der Waals surface area (Å²) in [7, 11) is 0. The maximum atomic E-state index is 13.0. The Morgan fingerprint density at radius 2 is 2.04 bits per heavy atom. The van der Waals surface area contributed by atoms with Gasteiger partial charge in [0.1, 0.15) is 5.70 Å². The van der Waals surface area contributed by atoms with E-state index in [0.29, 0.717) is 15.6 Å². The number of hydrogen-bond donors (Lipinski definition) is 3. The van der Waals surface area contributed by atoms with Crippen molar-refractivity contribution in [1.82, 2.24) is 20.8 Å². The van der Waals surface area contributed by atoms with Gasteiger partial charge in [0.25, 0.3) is 5.91 Å². The van der Waals surface area contributed by atoms with Crippen LogP contribution in [0.1, 0.15) is 5.56 Å². The summed E-state index contributed by atoms with van der Waals surface area (Å²) in [5.41, 5.74) is 5.78. The van der Waals surface area contributed by atoms with Crippen molar-refractivity contribution in [3.8, 4) is 0 Å². The third kappa shape index (κ3) is 3.46. The van der Waals surface area contributed by atoms with Crippen molar-refractivity contribution in [3.63, 3.8) is 0 Å². The van der Waals surface area contributed by atoms with Crippen LogP contribution in [-0.2, 0) is 11.3 Å². The molecule has 0 aliphatic carbocycles. The van der Waals surface area contributed by atoms with Crippen LogP contribution in [0.4, 0.5) is 13.2 Å². The average Bonchev–Trinajstić information content (AvgIpc) is 2.94. The van der Waals surface area contributed by atoms with Gasteiger partial charge in [-0.3, -0.25) is 25.6 Å². The highest BCUT2D eigenvalue weighted by molar-refractivity contribution is 6.35. The number of rotatable bonds is 3. The van der Waals surface area contributed by atoms with E-state index in [4.69, 9.17) is 29.0 Å². The third-order valence-corrected chi connectivity index (χ3v) is 4.33. The number of nitrogens with one attached hydrogen (secondary N) is 2. The lowest BCUT2D eigenvalue weighted by Gasteiger charge is -2.27. The van der Waals surface area contributed by atoms with E-state index in [0.717, 1.165) is 12.4 Å². The number of fused-ring (bicyclic) bond motifs is 1. The Labute approximate surface area is 156 Å². The van der Waals surface area contributed by atoms with Crippen LogP contribution in [0.3, 0.4) is 0 Å². The van der Waals surface area contributed by atoms with Gasteiger partial charge in [-0.05, 0) is 23.8 Å². The number of carbonyl (C=O) groups excluding carboxylic acids is 1. The van der Waals surface area contributed by atoms with E-state index in [-0.39, 0.29) is 28.4 Å². The van der Waals surface area contributed by atoms with Gasteiger partial charge in [-0.1, -0.05) is 29.3 Å². The van der Waals surface area contributed by atoms with E-state index in [1.807, 2.05) is 5.43 Å². The van der Waals surface area contributed by atoms with Crippen LogP contribution in [0, 0.1) is 0 Å². The molecule has 0 fully saturated rings. The Morgan fingerprint density at radius 1 is 1.31 bits per heavy atom. The van der Waals surface area contributed by atoms with Crippen molar-refractivity contribution in [2.24, 2.45) is 5.84 Å². The fourth-order valence-electron chi connectivity index (χ4n) is 2.51. The molecule has 2 aliphatic heterocycles. The number of nitrogens with zero attached hydrogens (tertiary/aromatic N) is 2. The molecule has 1 amide bonds. The predicted octanol–water partition coefficient (Wildman–Crippen LogP) is 2.75. The summed E-state index contributed by atoms with van der Waals surface area (Å²) in [5, 5.41) is 2.15. The smallest absolute Gasteiger partial charge is 0.292 e. The van der Waals surface area contributed by atoms with Crippen molar-refractivity contribution in [3.05, 3.63) is 69.3 Å². The highest BCUT2D eigenvalue weighted by Gasteiger charge is 2.39. The van der Waals surface area contributed by atoms with E-state index in [2.05, 4.69) is 5.43 Å². The fraction of sp³-hybridized carbons (Fsp3) is 0.133. The quantitative estimate of drug-likeness (QED) is 0.312. The van der Waals surface area contributed by atoms with Gasteiger partial charge in [0.15, 0.2) is 0 Å². The van der Waals surface area contributed by atoms with Crippen molar-refractivity contribution in [1.29, 1.82) is 0 Å². The zero-order valence-corrected chi connectivity index (χ0v) is 14.5. The van der Waals surface area contributed by atoms with Gasteiger partial charge in [0.05, 0.1) is 12.2 Å². The molecule has 4 N–H and O–H groups in total. The average molecular weight is 406 g/mol. The molecule has 0 aromatic heterocycles. The summed E-state index contributed by atoms with van der Waals surface area (Å²) in [6.07, 6.45) is -1.71. The number of benzene rings is 1. The number of allylic oxidation sites excluding steroid dienone is 1. The van der Waals surface area contributed by atoms with Gasteiger partial charge in [-0.25, -0.2) is 5.84 Å². The highest BCUT2D eigenvalue weighted by Crippen LogP contribution is 2.35. The molecule has 2 heterocycles. The van der Waals surface area contributed by atoms with Crippen molar-refractivity contribution in [2.75, 3.05) is 0 Å². The predicted molar refractivity (Wildman–Crippen MR) is 89.6 cm³/mol. The maximum Gasteiger partial charge on any atom is 0.488 e. The van der Waals surface area contributed by atoms with Crippen molar-refractivity contribution < 1.29 is 18.0 Å². The van der Waals surface area contributed by atoms with Crippen LogP contribution in [0.15, 0.2) is 53.6 Å². The molecule has 11 heteroatoms. The second-order valence-corrected chi connectivity index (χ2v) is 6.24. The Kier molecular flexibility index (Phi) is 4.78. The minimum Gasteiger partial charge on any atom is -0.292 e. The minimum absolute atomic E-state index is 0.0295. The van der Waals surface area contributed by atoms with E-state index in [9.17, 15) is 18.0 Å². The van der Waals surface area contributed by atoms with Gasteiger partial charge in [0, 0.05) is 28.0 Å². The number of halogens is 5. The summed E-state index contributed by atoms with van der Waals surface area (Å²) in [5.74, 6) is 4.48. The lowest BCUT2D eigenvalue weighted by molar-refractivity contribution is -0.211. The molecule has 2 aliphatic rings. The van der Waals surface area contributed by atoms with E-state index in [1.165, 1.54) is 17.2 Å². The lowest BCUT2D eigenvalue weighted by Crippen LogP contribution is -2.39. The molecule has 26 heavy (non-hydrogen) atoms. The van der Waals surface area contributed by atoms with Crippen LogP contribution in [0.5, 0.6) is 0 Å². The summed E-state index contributed by atoms with van der Waals surface area (Å²) in [4.78, 5) is 12.0. The zero-order chi connectivity index (χ0) is 19.1. The second kappa shape index (κ2) is 6.75. The van der Waals surface area contributed by atoms with Gasteiger partial charge in [0.2, 0.25) is 0 Å². The first-order chi connectivity index (χ1) is 12.2. The van der Waals surface area contributed by atoms with Gasteiger partial charge in [-0.2, -0.15) is 0 Å². The first-order valence-electron chi connectivity index (χ1n) is 7.19. The second-order valence-electron chi connectivity index (χ2n) is 5.40. The Morgan fingerprint density at radius 3 is 2.65 bits per heavy atom. The molecule has 1 aromatic carbocycles. The molecular formula is C15H12Cl2F3N5O. The van der Waals surface area contributed by atoms with Crippen LogP contribution in [-0.4, -0.2) is 22.1 Å². The van der Waals surface area contributed by atoms with Gasteiger partial charge in [-0.15, -0.1) is 13.2 Å². The number of nitrogens with two attached hydrogens (primary N) is 1. The van der Waals surface area contributed by atoms with Crippen LogP contribution in [0.2, 0.25) is 10.0 Å².